The smallest absolute Gasteiger partial charge is 0.191 e. The summed E-state index contributed by atoms with van der Waals surface area (Å²) in [5.74, 6) is 2.41. The topological polar surface area (TPSA) is 67.8 Å². The zero-order chi connectivity index (χ0) is 18.8. The van der Waals surface area contributed by atoms with Gasteiger partial charge in [-0.1, -0.05) is 6.92 Å². The van der Waals surface area contributed by atoms with Gasteiger partial charge in [0, 0.05) is 24.9 Å². The fourth-order valence-corrected chi connectivity index (χ4v) is 3.46. The van der Waals surface area contributed by atoms with Crippen LogP contribution >= 0.6 is 11.3 Å². The van der Waals surface area contributed by atoms with Crippen molar-refractivity contribution in [2.75, 3.05) is 33.9 Å². The second-order valence-electron chi connectivity index (χ2n) is 5.66. The molecule has 6 nitrogen and oxygen atoms in total. The minimum Gasteiger partial charge on any atom is -0.497 e. The van der Waals surface area contributed by atoms with E-state index in [1.54, 1.807) is 25.5 Å². The molecule has 2 aromatic rings. The molecule has 0 radical (unpaired) electrons. The summed E-state index contributed by atoms with van der Waals surface area (Å²) >= 11 is 1.78. The fraction of sp³-hybridized carbons (Fsp3) is 0.474. The molecule has 0 saturated carbocycles. The maximum Gasteiger partial charge on any atom is 0.191 e. The van der Waals surface area contributed by atoms with Crippen LogP contribution in [0.1, 0.15) is 22.5 Å². The summed E-state index contributed by atoms with van der Waals surface area (Å²) in [6, 6.07) is 7.56. The highest BCUT2D eigenvalue weighted by molar-refractivity contribution is 7.11. The van der Waals surface area contributed by atoms with E-state index in [1.807, 2.05) is 24.3 Å². The van der Waals surface area contributed by atoms with E-state index >= 15 is 0 Å². The minimum absolute atomic E-state index is 0.554. The molecular weight excluding hydrogens is 348 g/mol. The third-order valence-electron chi connectivity index (χ3n) is 3.85. The Balaban J connectivity index is 1.65. The van der Waals surface area contributed by atoms with Gasteiger partial charge >= 0.3 is 0 Å². The summed E-state index contributed by atoms with van der Waals surface area (Å²) in [6.07, 6.45) is 1.89. The van der Waals surface area contributed by atoms with Crippen molar-refractivity contribution < 1.29 is 9.47 Å². The molecule has 0 unspecified atom stereocenters. The van der Waals surface area contributed by atoms with Crippen molar-refractivity contribution in [3.8, 4) is 11.5 Å². The van der Waals surface area contributed by atoms with Gasteiger partial charge in [-0.3, -0.25) is 4.99 Å². The van der Waals surface area contributed by atoms with Gasteiger partial charge in [0.2, 0.25) is 0 Å². The SMILES string of the molecule is CCc1nc(CCNC(=NC)NCCOc2ccc(OC)cc2)sc1C. The van der Waals surface area contributed by atoms with Crippen molar-refractivity contribution in [2.45, 2.75) is 26.7 Å². The molecule has 0 amide bonds. The van der Waals surface area contributed by atoms with Crippen molar-refractivity contribution in [1.29, 1.82) is 0 Å². The van der Waals surface area contributed by atoms with Crippen LogP contribution in [0.5, 0.6) is 11.5 Å². The van der Waals surface area contributed by atoms with Crippen LogP contribution in [-0.4, -0.2) is 44.8 Å². The van der Waals surface area contributed by atoms with E-state index < -0.39 is 0 Å². The van der Waals surface area contributed by atoms with Crippen LogP contribution in [0, 0.1) is 6.92 Å². The number of thiazole rings is 1. The van der Waals surface area contributed by atoms with Crippen LogP contribution in [0.2, 0.25) is 0 Å². The van der Waals surface area contributed by atoms with Crippen LogP contribution < -0.4 is 20.1 Å². The van der Waals surface area contributed by atoms with Gasteiger partial charge < -0.3 is 20.1 Å². The largest absolute Gasteiger partial charge is 0.497 e. The first-order valence-corrected chi connectivity index (χ1v) is 9.64. The highest BCUT2D eigenvalue weighted by Crippen LogP contribution is 2.18. The molecule has 142 valence electrons. The van der Waals surface area contributed by atoms with E-state index in [-0.39, 0.29) is 0 Å². The lowest BCUT2D eigenvalue weighted by Crippen LogP contribution is -2.40. The summed E-state index contributed by atoms with van der Waals surface area (Å²) in [5.41, 5.74) is 1.21. The zero-order valence-electron chi connectivity index (χ0n) is 16.0. The third-order valence-corrected chi connectivity index (χ3v) is 4.92. The molecule has 0 fully saturated rings. The highest BCUT2D eigenvalue weighted by atomic mass is 32.1. The van der Waals surface area contributed by atoms with Crippen molar-refractivity contribution in [1.82, 2.24) is 15.6 Å². The van der Waals surface area contributed by atoms with Crippen molar-refractivity contribution >= 4 is 17.3 Å². The summed E-state index contributed by atoms with van der Waals surface area (Å²) < 4.78 is 10.8. The first-order valence-electron chi connectivity index (χ1n) is 8.82. The Morgan fingerprint density at radius 2 is 1.85 bits per heavy atom. The summed E-state index contributed by atoms with van der Waals surface area (Å²) in [4.78, 5) is 10.2. The normalized spacial score (nSPS) is 11.3. The van der Waals surface area contributed by atoms with Crippen molar-refractivity contribution in [3.05, 3.63) is 39.8 Å². The summed E-state index contributed by atoms with van der Waals surface area (Å²) in [7, 11) is 3.42. The summed E-state index contributed by atoms with van der Waals surface area (Å²) in [6.45, 7) is 6.30. The Hall–Kier alpha value is -2.28. The molecule has 0 atom stereocenters. The van der Waals surface area contributed by atoms with Crippen LogP contribution in [0.25, 0.3) is 0 Å². The van der Waals surface area contributed by atoms with E-state index in [0.29, 0.717) is 13.2 Å². The molecule has 1 heterocycles. The molecule has 0 aliphatic rings. The zero-order valence-corrected chi connectivity index (χ0v) is 16.8. The van der Waals surface area contributed by atoms with Crippen LogP contribution in [0.15, 0.2) is 29.3 Å². The third kappa shape index (κ3) is 6.22. The maximum atomic E-state index is 5.69. The number of guanidine groups is 1. The van der Waals surface area contributed by atoms with Crippen LogP contribution in [0.4, 0.5) is 0 Å². The minimum atomic E-state index is 0.554. The molecule has 0 aliphatic heterocycles. The fourth-order valence-electron chi connectivity index (χ4n) is 2.44. The van der Waals surface area contributed by atoms with E-state index in [2.05, 4.69) is 34.5 Å². The van der Waals surface area contributed by atoms with Gasteiger partial charge in [-0.25, -0.2) is 4.98 Å². The van der Waals surface area contributed by atoms with E-state index in [4.69, 9.17) is 9.47 Å². The van der Waals surface area contributed by atoms with Gasteiger partial charge in [-0.2, -0.15) is 0 Å². The van der Waals surface area contributed by atoms with Gasteiger partial charge in [0.05, 0.1) is 24.4 Å². The average molecular weight is 377 g/mol. The first kappa shape index (κ1) is 20.0. The second-order valence-corrected chi connectivity index (χ2v) is 6.95. The van der Waals surface area contributed by atoms with Gasteiger partial charge in [0.25, 0.3) is 0 Å². The predicted molar refractivity (Wildman–Crippen MR) is 108 cm³/mol. The molecule has 0 bridgehead atoms. The molecule has 2 N–H and O–H groups in total. The number of hydrogen-bond donors (Lipinski definition) is 2. The average Bonchev–Trinajstić information content (AvgIpc) is 3.03. The molecule has 0 spiro atoms. The van der Waals surface area contributed by atoms with Crippen molar-refractivity contribution in [2.24, 2.45) is 4.99 Å². The van der Waals surface area contributed by atoms with Crippen LogP contribution in [0.3, 0.4) is 0 Å². The number of methoxy groups -OCH3 is 1. The number of ether oxygens (including phenoxy) is 2. The second kappa shape index (κ2) is 10.7. The number of aryl methyl sites for hydroxylation is 2. The van der Waals surface area contributed by atoms with Gasteiger partial charge in [-0.05, 0) is 37.6 Å². The molecule has 7 heteroatoms. The Morgan fingerprint density at radius 3 is 2.46 bits per heavy atom. The van der Waals surface area contributed by atoms with E-state index in [1.165, 1.54) is 15.6 Å². The number of rotatable bonds is 9. The maximum absolute atomic E-state index is 5.69. The quantitative estimate of drug-likeness (QED) is 0.400. The van der Waals surface area contributed by atoms with Gasteiger partial charge in [0.1, 0.15) is 18.1 Å². The number of nitrogens with zero attached hydrogens (tertiary/aromatic N) is 2. The molecule has 26 heavy (non-hydrogen) atoms. The lowest BCUT2D eigenvalue weighted by Gasteiger charge is -2.12. The lowest BCUT2D eigenvalue weighted by molar-refractivity contribution is 0.321. The predicted octanol–water partition coefficient (Wildman–Crippen LogP) is 2.81. The first-order chi connectivity index (χ1) is 12.7. The summed E-state index contributed by atoms with van der Waals surface area (Å²) in [5, 5.41) is 7.73. The van der Waals surface area contributed by atoms with E-state index in [9.17, 15) is 0 Å². The molecule has 0 aliphatic carbocycles. The van der Waals surface area contributed by atoms with E-state index in [0.717, 1.165) is 36.8 Å². The standard InChI is InChI=1S/C19H28N4O2S/c1-5-17-14(2)26-18(23-17)10-11-21-19(20-3)22-12-13-25-16-8-6-15(24-4)7-9-16/h6-9H,5,10-13H2,1-4H3,(H2,20,21,22). The Kier molecular flexibility index (Phi) is 8.21. The number of aliphatic imine (C=N–C) groups is 1. The number of hydrogen-bond acceptors (Lipinski definition) is 5. The Morgan fingerprint density at radius 1 is 1.15 bits per heavy atom. The Bertz CT molecular complexity index is 698. The lowest BCUT2D eigenvalue weighted by atomic mass is 10.3. The molecule has 0 saturated heterocycles. The molecule has 1 aromatic carbocycles. The molecular formula is C19H28N4O2S. The van der Waals surface area contributed by atoms with Gasteiger partial charge in [0.15, 0.2) is 5.96 Å². The van der Waals surface area contributed by atoms with Crippen LogP contribution in [-0.2, 0) is 12.8 Å². The molecule has 2 rings (SSSR count). The molecule has 1 aromatic heterocycles. The highest BCUT2D eigenvalue weighted by Gasteiger charge is 2.06. The number of aromatic nitrogens is 1. The Labute approximate surface area is 159 Å². The number of nitrogens with one attached hydrogen (secondary N) is 2. The van der Waals surface area contributed by atoms with Crippen molar-refractivity contribution in [3.63, 3.8) is 0 Å². The number of benzene rings is 1. The van der Waals surface area contributed by atoms with Gasteiger partial charge in [-0.15, -0.1) is 11.3 Å². The monoisotopic (exact) mass is 376 g/mol.